The van der Waals surface area contributed by atoms with E-state index in [1.807, 2.05) is 55.5 Å². The molecule has 0 aliphatic carbocycles. The van der Waals surface area contributed by atoms with Crippen LogP contribution in [0.5, 0.6) is 17.2 Å². The molecular weight excluding hydrogens is 604 g/mol. The molecule has 0 saturated heterocycles. The van der Waals surface area contributed by atoms with Crippen LogP contribution in [0.2, 0.25) is 0 Å². The number of furan rings is 1. The lowest BCUT2D eigenvalue weighted by molar-refractivity contribution is -0.117. The number of fused-ring (bicyclic) bond motifs is 2. The molecule has 3 heterocycles. The highest BCUT2D eigenvalue weighted by molar-refractivity contribution is 7.22. The molecule has 0 fully saturated rings. The van der Waals surface area contributed by atoms with Gasteiger partial charge in [0.15, 0.2) is 39.5 Å². The summed E-state index contributed by atoms with van der Waals surface area (Å²) in [7, 11) is 3.03. The number of carbonyl (C=O) groups is 2. The Bertz CT molecular complexity index is 2170. The van der Waals surface area contributed by atoms with Crippen molar-refractivity contribution in [3.05, 3.63) is 125 Å². The molecule has 1 amide bonds. The Morgan fingerprint density at radius 3 is 2.52 bits per heavy atom. The number of ketones is 1. The van der Waals surface area contributed by atoms with Gasteiger partial charge in [0, 0.05) is 5.39 Å². The van der Waals surface area contributed by atoms with Crippen molar-refractivity contribution in [2.45, 2.75) is 19.6 Å². The molecule has 1 N–H and O–H groups in total. The molecule has 0 bridgehead atoms. The highest BCUT2D eigenvalue weighted by atomic mass is 32.1. The van der Waals surface area contributed by atoms with Crippen LogP contribution in [0.3, 0.4) is 0 Å². The third-order valence-corrected chi connectivity index (χ3v) is 8.90. The molecule has 4 aromatic carbocycles. The molecule has 1 aliphatic heterocycles. The van der Waals surface area contributed by atoms with Crippen molar-refractivity contribution in [3.63, 3.8) is 0 Å². The highest BCUT2D eigenvalue weighted by Gasteiger charge is 2.47. The quantitative estimate of drug-likeness (QED) is 0.161. The lowest BCUT2D eigenvalue weighted by Crippen LogP contribution is -2.31. The molecule has 9 nitrogen and oxygen atoms in total. The van der Waals surface area contributed by atoms with Crippen molar-refractivity contribution in [1.29, 1.82) is 0 Å². The number of nitrogens with zero attached hydrogens (tertiary/aromatic N) is 2. The van der Waals surface area contributed by atoms with Gasteiger partial charge >= 0.3 is 0 Å². The van der Waals surface area contributed by atoms with Gasteiger partial charge in [0.1, 0.15) is 6.61 Å². The predicted molar refractivity (Wildman–Crippen MR) is 175 cm³/mol. The number of Topliss-reactive ketones (excluding diaryl/α,β-unsaturated/α-hetero) is 1. The first-order valence-corrected chi connectivity index (χ1v) is 15.3. The number of benzene rings is 4. The van der Waals surface area contributed by atoms with E-state index < -0.39 is 23.5 Å². The van der Waals surface area contributed by atoms with E-state index in [1.165, 1.54) is 30.5 Å². The Labute approximate surface area is 267 Å². The van der Waals surface area contributed by atoms with Crippen LogP contribution in [0.4, 0.5) is 5.13 Å². The van der Waals surface area contributed by atoms with E-state index >= 15 is 0 Å². The maximum atomic E-state index is 14.2. The zero-order chi connectivity index (χ0) is 31.9. The van der Waals surface area contributed by atoms with Crippen LogP contribution in [0.1, 0.15) is 33.3 Å². The van der Waals surface area contributed by atoms with Gasteiger partial charge in [-0.25, -0.2) is 4.98 Å². The monoisotopic (exact) mass is 632 g/mol. The van der Waals surface area contributed by atoms with Gasteiger partial charge < -0.3 is 23.7 Å². The van der Waals surface area contributed by atoms with Gasteiger partial charge in [0.25, 0.3) is 5.91 Å². The first kappa shape index (κ1) is 29.1. The number of carbonyl (C=O) groups excluding carboxylic acids is 2. The van der Waals surface area contributed by atoms with Crippen molar-refractivity contribution in [1.82, 2.24) is 4.98 Å². The maximum Gasteiger partial charge on any atom is 0.296 e. The third-order valence-electron chi connectivity index (χ3n) is 7.88. The molecule has 6 aromatic rings. The largest absolute Gasteiger partial charge is 0.503 e. The average Bonchev–Trinajstić information content (AvgIpc) is 3.77. The average molecular weight is 633 g/mol. The molecule has 10 heteroatoms. The SMILES string of the molecule is COc1cc(C2C(C(=O)c3cc4cccc(OC)c4o3)=C(O)C(=O)N2c2nc3ccc(C)cc3s2)ccc1OCc1ccccc1. The van der Waals surface area contributed by atoms with Crippen molar-refractivity contribution in [3.8, 4) is 17.2 Å². The summed E-state index contributed by atoms with van der Waals surface area (Å²) in [6.07, 6.45) is 0. The minimum absolute atomic E-state index is 0.0459. The Morgan fingerprint density at radius 1 is 0.935 bits per heavy atom. The topological polar surface area (TPSA) is 111 Å². The van der Waals surface area contributed by atoms with Crippen LogP contribution < -0.4 is 19.1 Å². The second-order valence-corrected chi connectivity index (χ2v) is 11.8. The number of hydrogen-bond donors (Lipinski definition) is 1. The molecular formula is C36H28N2O7S. The van der Waals surface area contributed by atoms with Crippen LogP contribution in [0.25, 0.3) is 21.2 Å². The van der Waals surface area contributed by atoms with Gasteiger partial charge in [0.05, 0.1) is 36.1 Å². The first-order chi connectivity index (χ1) is 22.4. The fourth-order valence-electron chi connectivity index (χ4n) is 5.62. The Hall–Kier alpha value is -5.61. The Balaban J connectivity index is 1.33. The maximum absolute atomic E-state index is 14.2. The number of thiazole rings is 1. The summed E-state index contributed by atoms with van der Waals surface area (Å²) >= 11 is 1.30. The summed E-state index contributed by atoms with van der Waals surface area (Å²) in [5.41, 5.74) is 3.47. The minimum Gasteiger partial charge on any atom is -0.503 e. The second kappa shape index (κ2) is 11.7. The fourth-order valence-corrected chi connectivity index (χ4v) is 6.71. The van der Waals surface area contributed by atoms with Crippen molar-refractivity contribution in [2.75, 3.05) is 19.1 Å². The minimum atomic E-state index is -1.05. The third kappa shape index (κ3) is 5.02. The highest BCUT2D eigenvalue weighted by Crippen LogP contribution is 2.46. The van der Waals surface area contributed by atoms with Gasteiger partial charge in [0.2, 0.25) is 5.78 Å². The summed E-state index contributed by atoms with van der Waals surface area (Å²) in [5.74, 6) is -0.787. The molecule has 0 radical (unpaired) electrons. The van der Waals surface area contributed by atoms with Gasteiger partial charge in [-0.3, -0.25) is 14.5 Å². The van der Waals surface area contributed by atoms with Crippen molar-refractivity contribution < 1.29 is 33.3 Å². The van der Waals surface area contributed by atoms with Crippen molar-refractivity contribution in [2.24, 2.45) is 0 Å². The van der Waals surface area contributed by atoms with E-state index in [-0.39, 0.29) is 11.3 Å². The van der Waals surface area contributed by atoms with Gasteiger partial charge in [-0.15, -0.1) is 0 Å². The number of anilines is 1. The summed E-state index contributed by atoms with van der Waals surface area (Å²) in [5, 5.41) is 12.3. The summed E-state index contributed by atoms with van der Waals surface area (Å²) in [6.45, 7) is 2.29. The number of aryl methyl sites for hydroxylation is 1. The summed E-state index contributed by atoms with van der Waals surface area (Å²) < 4.78 is 24.0. The molecule has 0 spiro atoms. The smallest absolute Gasteiger partial charge is 0.296 e. The van der Waals surface area contributed by atoms with Crippen LogP contribution in [0.15, 0.2) is 107 Å². The van der Waals surface area contributed by atoms with E-state index in [9.17, 15) is 14.7 Å². The van der Waals surface area contributed by atoms with Crippen LogP contribution in [-0.2, 0) is 11.4 Å². The fraction of sp³-hybridized carbons (Fsp3) is 0.139. The summed E-state index contributed by atoms with van der Waals surface area (Å²) in [6, 6.07) is 26.5. The number of aromatic nitrogens is 1. The van der Waals surface area contributed by atoms with Crippen molar-refractivity contribution >= 4 is 49.3 Å². The summed E-state index contributed by atoms with van der Waals surface area (Å²) in [4.78, 5) is 34.2. The molecule has 0 saturated carbocycles. The van der Waals surface area contributed by atoms with Gasteiger partial charge in [-0.05, 0) is 60.0 Å². The lowest BCUT2D eigenvalue weighted by Gasteiger charge is -2.25. The molecule has 1 atom stereocenters. The molecule has 230 valence electrons. The van der Waals surface area contributed by atoms with Crippen LogP contribution >= 0.6 is 11.3 Å². The number of methoxy groups -OCH3 is 2. The van der Waals surface area contributed by atoms with E-state index in [1.54, 1.807) is 42.5 Å². The standard InChI is InChI=1S/C36H28N2O7S/c1-20-12-14-24-29(16-20)46-36(37-24)38-31(22-13-15-25(27(17-22)43-3)44-19-21-8-5-4-6-9-21)30(33(40)35(38)41)32(39)28-18-23-10-7-11-26(42-2)34(23)45-28/h4-18,31,40H,19H2,1-3H3. The normalized spacial score (nSPS) is 14.8. The number of para-hydroxylation sites is 1. The predicted octanol–water partition coefficient (Wildman–Crippen LogP) is 7.73. The Kier molecular flexibility index (Phi) is 7.42. The van der Waals surface area contributed by atoms with Gasteiger partial charge in [-0.2, -0.15) is 0 Å². The number of aliphatic hydroxyl groups excluding tert-OH is 1. The number of hydrogen-bond acceptors (Lipinski definition) is 9. The molecule has 7 rings (SSSR count). The second-order valence-electron chi connectivity index (χ2n) is 10.8. The van der Waals surface area contributed by atoms with E-state index in [4.69, 9.17) is 23.6 Å². The lowest BCUT2D eigenvalue weighted by atomic mass is 9.95. The van der Waals surface area contributed by atoms with E-state index in [0.717, 1.165) is 15.8 Å². The molecule has 2 aromatic heterocycles. The Morgan fingerprint density at radius 2 is 1.74 bits per heavy atom. The number of amides is 1. The van der Waals surface area contributed by atoms with E-state index in [2.05, 4.69) is 0 Å². The van der Waals surface area contributed by atoms with E-state index in [0.29, 0.717) is 51.0 Å². The van der Waals surface area contributed by atoms with Crippen LogP contribution in [0, 0.1) is 6.92 Å². The molecule has 1 unspecified atom stereocenters. The number of rotatable bonds is 9. The first-order valence-electron chi connectivity index (χ1n) is 14.5. The number of aliphatic hydroxyl groups is 1. The van der Waals surface area contributed by atoms with Gasteiger partial charge in [-0.1, -0.05) is 65.9 Å². The zero-order valence-electron chi connectivity index (χ0n) is 25.1. The number of ether oxygens (including phenoxy) is 3. The molecule has 46 heavy (non-hydrogen) atoms. The van der Waals surface area contributed by atoms with Crippen LogP contribution in [-0.4, -0.2) is 36.0 Å². The zero-order valence-corrected chi connectivity index (χ0v) is 26.0. The molecule has 1 aliphatic rings.